The van der Waals surface area contributed by atoms with E-state index in [1.54, 1.807) is 33.6 Å². The predicted octanol–water partition coefficient (Wildman–Crippen LogP) is 32.6. The van der Waals surface area contributed by atoms with Crippen LogP contribution in [-0.4, -0.2) is 17.4 Å². The number of rotatable bonds is 14. The van der Waals surface area contributed by atoms with Crippen LogP contribution in [0.1, 0.15) is 0 Å². The van der Waals surface area contributed by atoms with E-state index in [0.717, 1.165) is 177 Å². The average Bonchev–Trinajstić information content (AvgIpc) is 1.51. The van der Waals surface area contributed by atoms with Crippen molar-refractivity contribution in [2.24, 2.45) is 0 Å². The smallest absolute Gasteiger partial charge is 0.378 e. The van der Waals surface area contributed by atoms with Gasteiger partial charge in [0.05, 0.1) is 76.6 Å². The van der Waals surface area contributed by atoms with Crippen LogP contribution in [0.25, 0.3) is 154 Å². The lowest BCUT2D eigenvalue weighted by Gasteiger charge is -2.27. The first kappa shape index (κ1) is 89.0. The molecule has 0 radical (unpaired) electrons. The minimum absolute atomic E-state index is 0.475. The van der Waals surface area contributed by atoms with Crippen molar-refractivity contribution in [2.75, 3.05) is 9.34 Å². The Balaban J connectivity index is 0.000000109. The molecule has 4 aromatic heterocycles. The van der Waals surface area contributed by atoms with E-state index in [1.165, 1.54) is 0 Å². The standard InChI is InChI=1S/C54H34N2O4P2.C42H30N2O4P2.C30H18N2O4P2/c57-61(43-29-39(35-15-5-1-6-16-35)27-40(30-43)36-17-7-2-8-18-36)55-49-33-48-46-24-14-26-52-54(46)56(50(48)34-47(49)45-23-13-25-51(59-61)53(45)55)62(58,60-52)44-31-41(37-19-9-3-10-20-37)28-42(32-44)38-21-11-4-12-22-38;45-49(43(39-21-7-9-23-41(39)47-49)35-19-11-17-33(29-35)31-13-3-1-4-14-31)37-25-27-38(28-26-37)50(46)44(40-22-8-10-24-42(40)48-50)36-20-12-18-34(30-36)32-15-5-2-6-16-32;33-37(19-9-3-1-4-10-19)31-25-17-24-22-14-8-16-28-30(22)32(38(34,36-28)20-11-5-2-6-12-20)26(24)18-23(25)21-13-7-15-27(35-37)29(21)31/h1-34H;1-30H;1-18H. The molecule has 0 saturated heterocycles. The Kier molecular flexibility index (Phi) is 20.2. The van der Waals surface area contributed by atoms with Gasteiger partial charge in [0, 0.05) is 43.1 Å². The zero-order valence-electron chi connectivity index (χ0n) is 79.6. The van der Waals surface area contributed by atoms with Gasteiger partial charge in [-0.05, 0) is 249 Å². The van der Waals surface area contributed by atoms with Crippen LogP contribution in [0.15, 0.2) is 497 Å². The molecule has 718 valence electrons. The second-order valence-electron chi connectivity index (χ2n) is 37.9. The van der Waals surface area contributed by atoms with Gasteiger partial charge in [-0.1, -0.05) is 315 Å². The zero-order valence-corrected chi connectivity index (χ0v) is 85.0. The SMILES string of the molecule is O=P1(c2cc(-c3ccccc3)cc(-c3ccccc3)c2)Oc2cccc3c4cc5c(cc4n1c23)c1cccc2c1n5P(=O)(c1cc(-c3ccccc3)cc(-c3ccccc3)c1)O2.O=P1(c2ccc(P3(=O)Oc4ccccc4N3c3cccc(-c4ccccc4)c3)cc2)Oc2ccccc2N1c1cccc(-c2ccccc2)c1.O=P1(c2ccccc2)Oc2cccc3c4cc5c(cc4n1c23)c1cccc2c1n5P(=O)(c1ccccc1)O2. The maximum Gasteiger partial charge on any atom is 0.378 e. The lowest BCUT2D eigenvalue weighted by molar-refractivity contribution is 0.497. The summed E-state index contributed by atoms with van der Waals surface area (Å²) in [5, 5.41) is 10.8. The lowest BCUT2D eigenvalue weighted by atomic mass is 9.99. The fourth-order valence-corrected chi connectivity index (χ4v) is 36.2. The van der Waals surface area contributed by atoms with Crippen molar-refractivity contribution in [3.8, 4) is 101 Å². The third-order valence-electron chi connectivity index (χ3n) is 29.2. The number of aromatic nitrogens is 4. The van der Waals surface area contributed by atoms with Gasteiger partial charge in [0.1, 0.15) is 22.1 Å². The summed E-state index contributed by atoms with van der Waals surface area (Å²) in [6.07, 6.45) is 0. The minimum Gasteiger partial charge on any atom is -0.423 e. The van der Waals surface area contributed by atoms with Gasteiger partial charge in [0.2, 0.25) is 0 Å². The lowest BCUT2D eigenvalue weighted by Crippen LogP contribution is -2.24. The molecule has 0 bridgehead atoms. The Labute approximate surface area is 860 Å². The van der Waals surface area contributed by atoms with Gasteiger partial charge in [0.15, 0.2) is 34.5 Å². The highest BCUT2D eigenvalue weighted by Gasteiger charge is 2.51. The maximum atomic E-state index is 16.1. The van der Waals surface area contributed by atoms with E-state index in [2.05, 4.69) is 121 Å². The molecule has 0 saturated carbocycles. The molecule has 0 amide bonds. The van der Waals surface area contributed by atoms with Gasteiger partial charge in [-0.15, -0.1) is 0 Å². The van der Waals surface area contributed by atoms with Crippen LogP contribution in [0.2, 0.25) is 0 Å². The van der Waals surface area contributed by atoms with Crippen molar-refractivity contribution in [1.82, 2.24) is 17.4 Å². The van der Waals surface area contributed by atoms with Crippen LogP contribution in [0, 0.1) is 0 Å². The molecule has 6 aliphatic rings. The highest BCUT2D eigenvalue weighted by molar-refractivity contribution is 7.71. The molecule has 6 unspecified atom stereocenters. The summed E-state index contributed by atoms with van der Waals surface area (Å²) in [6.45, 7) is 0. The Morgan fingerprint density at radius 2 is 0.360 bits per heavy atom. The van der Waals surface area contributed by atoms with E-state index in [4.69, 9.17) is 27.1 Å². The Morgan fingerprint density at radius 3 is 0.640 bits per heavy atom. The molecule has 18 nitrogen and oxygen atoms in total. The molecule has 21 aromatic carbocycles. The van der Waals surface area contributed by atoms with E-state index >= 15 is 18.3 Å². The molecule has 10 heterocycles. The summed E-state index contributed by atoms with van der Waals surface area (Å²) in [4.78, 5) is 0. The summed E-state index contributed by atoms with van der Waals surface area (Å²) >= 11 is 0. The largest absolute Gasteiger partial charge is 0.423 e. The van der Waals surface area contributed by atoms with Gasteiger partial charge < -0.3 is 27.1 Å². The summed E-state index contributed by atoms with van der Waals surface area (Å²) in [5.41, 5.74) is 21.3. The molecule has 0 N–H and O–H groups in total. The Morgan fingerprint density at radius 1 is 0.147 bits per heavy atom. The second-order valence-corrected chi connectivity index (χ2v) is 50.7. The first-order chi connectivity index (χ1) is 73.5. The van der Waals surface area contributed by atoms with Crippen molar-refractivity contribution in [3.05, 3.63) is 497 Å². The van der Waals surface area contributed by atoms with Crippen LogP contribution in [0.4, 0.5) is 22.7 Å². The summed E-state index contributed by atoms with van der Waals surface area (Å²) in [7, 11) is -21.9. The van der Waals surface area contributed by atoms with Crippen LogP contribution in [0.5, 0.6) is 34.5 Å². The van der Waals surface area contributed by atoms with Crippen LogP contribution < -0.4 is 68.3 Å². The molecule has 24 heteroatoms. The first-order valence-corrected chi connectivity index (χ1v) is 58.8. The van der Waals surface area contributed by atoms with E-state index < -0.39 is 45.1 Å². The molecule has 25 aromatic rings. The number of hydrogen-bond donors (Lipinski definition) is 0. The van der Waals surface area contributed by atoms with Crippen molar-refractivity contribution in [3.63, 3.8) is 0 Å². The topological polar surface area (TPSA) is 184 Å². The van der Waals surface area contributed by atoms with Gasteiger partial charge in [-0.2, -0.15) is 0 Å². The molecule has 6 aliphatic heterocycles. The zero-order chi connectivity index (χ0) is 100. The van der Waals surface area contributed by atoms with Gasteiger partial charge in [0.25, 0.3) is 0 Å². The monoisotopic (exact) mass is 2060 g/mol. The van der Waals surface area contributed by atoms with Gasteiger partial charge in [-0.3, -0.25) is 26.7 Å². The Hall–Kier alpha value is -17.4. The second kappa shape index (κ2) is 34.1. The van der Waals surface area contributed by atoms with Crippen LogP contribution in [0.3, 0.4) is 0 Å². The van der Waals surface area contributed by atoms with E-state index in [9.17, 15) is 9.13 Å². The van der Waals surface area contributed by atoms with E-state index in [1.807, 2.05) is 369 Å². The number of benzene rings is 21. The van der Waals surface area contributed by atoms with Crippen LogP contribution >= 0.6 is 45.1 Å². The van der Waals surface area contributed by atoms with Gasteiger partial charge in [-0.25, -0.2) is 27.4 Å². The van der Waals surface area contributed by atoms with E-state index in [-0.39, 0.29) is 0 Å². The average molecular weight is 2060 g/mol. The number of nitrogens with zero attached hydrogens (tertiary/aromatic N) is 6. The third kappa shape index (κ3) is 13.7. The highest BCUT2D eigenvalue weighted by atomic mass is 31.2. The molecular formula is C126H82N6O12P6. The molecular weight excluding hydrogens is 1980 g/mol. The number of fused-ring (bicyclic) bond motifs is 14. The maximum absolute atomic E-state index is 16.1. The number of para-hydroxylation sites is 8. The number of anilines is 4. The Bertz CT molecular complexity index is 9590. The predicted molar refractivity (Wildman–Crippen MR) is 609 cm³/mol. The summed E-state index contributed by atoms with van der Waals surface area (Å²) in [5.74, 6) is 3.42. The molecule has 0 fully saturated rings. The highest BCUT2D eigenvalue weighted by Crippen LogP contribution is 2.70. The summed E-state index contributed by atoms with van der Waals surface area (Å²) < 4.78 is 142. The number of hydrogen-bond acceptors (Lipinski definition) is 12. The van der Waals surface area contributed by atoms with Gasteiger partial charge >= 0.3 is 45.1 Å². The fraction of sp³-hybridized carbons (Fsp3) is 0. The molecule has 0 aliphatic carbocycles. The molecule has 0 spiro atoms. The fourth-order valence-electron chi connectivity index (χ4n) is 22.5. The third-order valence-corrected chi connectivity index (χ3v) is 43.2. The molecule has 6 atom stereocenters. The summed E-state index contributed by atoms with van der Waals surface area (Å²) in [6, 6.07) is 162. The quantitative estimate of drug-likeness (QED) is 0.0937. The van der Waals surface area contributed by atoms with Crippen molar-refractivity contribution in [1.29, 1.82) is 0 Å². The van der Waals surface area contributed by atoms with E-state index in [0.29, 0.717) is 66.3 Å². The normalized spacial score (nSPS) is 19.0. The molecule has 31 rings (SSSR count). The molecule has 150 heavy (non-hydrogen) atoms. The van der Waals surface area contributed by atoms with Crippen LogP contribution in [-0.2, 0) is 27.4 Å². The van der Waals surface area contributed by atoms with Crippen molar-refractivity contribution in [2.45, 2.75) is 0 Å². The van der Waals surface area contributed by atoms with Crippen molar-refractivity contribution < 1.29 is 54.5 Å². The van der Waals surface area contributed by atoms with Crippen molar-refractivity contribution >= 4 is 187 Å². The minimum atomic E-state index is -3.81. The first-order valence-electron chi connectivity index (χ1n) is 49.3.